The molecule has 7 nitrogen and oxygen atoms in total. The molecule has 0 unspecified atom stereocenters. The Morgan fingerprint density at radius 2 is 2.04 bits per heavy atom. The van der Waals surface area contributed by atoms with Crippen LogP contribution in [0.3, 0.4) is 0 Å². The van der Waals surface area contributed by atoms with E-state index >= 15 is 0 Å². The lowest BCUT2D eigenvalue weighted by Gasteiger charge is -2.26. The van der Waals surface area contributed by atoms with Crippen molar-refractivity contribution in [2.24, 2.45) is 5.92 Å². The largest absolute Gasteiger partial charge is 0.434 e. The number of carbonyl (C=O) groups excluding carboxylic acids is 1. The predicted octanol–water partition coefficient (Wildman–Crippen LogP) is 3.00. The molecule has 1 aliphatic heterocycles. The highest BCUT2D eigenvalue weighted by atomic mass is 19.4. The molecule has 0 spiro atoms. The number of ether oxygens (including phenoxy) is 1. The van der Waals surface area contributed by atoms with Crippen molar-refractivity contribution in [2.75, 3.05) is 18.5 Å². The molecule has 3 rings (SSSR count). The zero-order valence-corrected chi connectivity index (χ0v) is 14.7. The Morgan fingerprint density at radius 3 is 2.63 bits per heavy atom. The third kappa shape index (κ3) is 5.03. The monoisotopic (exact) mass is 383 g/mol. The first-order valence-corrected chi connectivity index (χ1v) is 8.61. The number of aryl methyl sites for hydroxylation is 1. The van der Waals surface area contributed by atoms with E-state index in [-0.39, 0.29) is 11.7 Å². The fourth-order valence-corrected chi connectivity index (χ4v) is 2.98. The Bertz CT molecular complexity index is 770. The van der Waals surface area contributed by atoms with E-state index in [0.29, 0.717) is 25.3 Å². The van der Waals surface area contributed by atoms with E-state index in [0.717, 1.165) is 25.4 Å². The maximum Gasteiger partial charge on any atom is 0.434 e. The van der Waals surface area contributed by atoms with Crippen LogP contribution in [0.4, 0.5) is 19.0 Å². The van der Waals surface area contributed by atoms with Crippen LogP contribution in [-0.4, -0.2) is 38.6 Å². The van der Waals surface area contributed by atoms with Crippen molar-refractivity contribution in [2.45, 2.75) is 38.4 Å². The predicted molar refractivity (Wildman–Crippen MR) is 89.8 cm³/mol. The molecule has 0 bridgehead atoms. The van der Waals surface area contributed by atoms with Crippen LogP contribution in [0.15, 0.2) is 24.9 Å². The molecule has 1 N–H and O–H groups in total. The van der Waals surface area contributed by atoms with Crippen LogP contribution < -0.4 is 5.32 Å². The minimum atomic E-state index is -4.56. The van der Waals surface area contributed by atoms with Crippen molar-refractivity contribution in [3.63, 3.8) is 0 Å². The van der Waals surface area contributed by atoms with Crippen molar-refractivity contribution < 1.29 is 22.7 Å². The van der Waals surface area contributed by atoms with Gasteiger partial charge in [-0.2, -0.15) is 13.2 Å². The van der Waals surface area contributed by atoms with Crippen LogP contribution in [0.25, 0.3) is 0 Å². The van der Waals surface area contributed by atoms with Crippen LogP contribution in [0, 0.1) is 12.8 Å². The lowest BCUT2D eigenvalue weighted by molar-refractivity contribution is -0.141. The standard InChI is InChI=1S/C17H20F3N5O2/c1-11-7-22-15(8-21-11)24-16(26)13(6-12-2-4-27-5-3-12)25-9-14(23-10-25)17(18,19)20/h7-10,12-13H,2-6H2,1H3,(H,22,24,26)/t13-/m0/s1. The molecule has 1 atom stereocenters. The first-order chi connectivity index (χ1) is 12.8. The quantitative estimate of drug-likeness (QED) is 0.858. The summed E-state index contributed by atoms with van der Waals surface area (Å²) in [6.45, 7) is 2.93. The lowest BCUT2D eigenvalue weighted by atomic mass is 9.92. The van der Waals surface area contributed by atoms with Crippen molar-refractivity contribution in [3.05, 3.63) is 36.3 Å². The van der Waals surface area contributed by atoms with E-state index in [9.17, 15) is 18.0 Å². The van der Waals surface area contributed by atoms with Gasteiger partial charge in [0, 0.05) is 19.4 Å². The second-order valence-electron chi connectivity index (χ2n) is 6.54. The minimum Gasteiger partial charge on any atom is -0.381 e. The van der Waals surface area contributed by atoms with Crippen molar-refractivity contribution in [1.29, 1.82) is 0 Å². The van der Waals surface area contributed by atoms with Crippen LogP contribution in [0.5, 0.6) is 0 Å². The number of halogens is 3. The Balaban J connectivity index is 1.80. The van der Waals surface area contributed by atoms with Crippen LogP contribution in [0.1, 0.15) is 36.7 Å². The van der Waals surface area contributed by atoms with Gasteiger partial charge in [0.1, 0.15) is 6.04 Å². The highest BCUT2D eigenvalue weighted by molar-refractivity contribution is 5.92. The Morgan fingerprint density at radius 1 is 1.30 bits per heavy atom. The maximum absolute atomic E-state index is 12.9. The summed E-state index contributed by atoms with van der Waals surface area (Å²) < 4.78 is 45.2. The van der Waals surface area contributed by atoms with Crippen LogP contribution in [0.2, 0.25) is 0 Å². The molecule has 0 aliphatic carbocycles. The second-order valence-corrected chi connectivity index (χ2v) is 6.54. The van der Waals surface area contributed by atoms with Gasteiger partial charge in [0.2, 0.25) is 5.91 Å². The van der Waals surface area contributed by atoms with Gasteiger partial charge in [-0.15, -0.1) is 0 Å². The number of nitrogens with zero attached hydrogens (tertiary/aromatic N) is 4. The summed E-state index contributed by atoms with van der Waals surface area (Å²) in [5, 5.41) is 2.63. The molecule has 0 saturated carbocycles. The number of rotatable bonds is 5. The molecule has 2 aromatic heterocycles. The molecule has 1 aliphatic rings. The van der Waals surface area contributed by atoms with E-state index in [1.54, 1.807) is 6.92 Å². The number of aromatic nitrogens is 4. The van der Waals surface area contributed by atoms with Gasteiger partial charge in [-0.25, -0.2) is 9.97 Å². The molecular formula is C17H20F3N5O2. The molecule has 0 aromatic carbocycles. The van der Waals surface area contributed by atoms with Gasteiger partial charge in [-0.3, -0.25) is 9.78 Å². The average molecular weight is 383 g/mol. The molecule has 27 heavy (non-hydrogen) atoms. The van der Waals surface area contributed by atoms with E-state index < -0.39 is 23.8 Å². The van der Waals surface area contributed by atoms with E-state index in [1.807, 2.05) is 0 Å². The van der Waals surface area contributed by atoms with Crippen molar-refractivity contribution in [1.82, 2.24) is 19.5 Å². The van der Waals surface area contributed by atoms with Gasteiger partial charge >= 0.3 is 6.18 Å². The molecule has 1 amide bonds. The SMILES string of the molecule is Cc1cnc(NC(=O)[C@H](CC2CCOCC2)n2cnc(C(F)(F)F)c2)cn1. The summed E-state index contributed by atoms with van der Waals surface area (Å²) in [6, 6.07) is -0.834. The van der Waals surface area contributed by atoms with Crippen LogP contribution >= 0.6 is 0 Å². The number of imidazole rings is 1. The fraction of sp³-hybridized carbons (Fsp3) is 0.529. The second kappa shape index (κ2) is 8.03. The van der Waals surface area contributed by atoms with E-state index in [2.05, 4.69) is 20.3 Å². The summed E-state index contributed by atoms with van der Waals surface area (Å²) in [7, 11) is 0. The zero-order chi connectivity index (χ0) is 19.4. The summed E-state index contributed by atoms with van der Waals surface area (Å²) >= 11 is 0. The molecule has 1 fully saturated rings. The summed E-state index contributed by atoms with van der Waals surface area (Å²) in [6.07, 6.45) is 2.17. The number of hydrogen-bond acceptors (Lipinski definition) is 5. The molecular weight excluding hydrogens is 363 g/mol. The van der Waals surface area contributed by atoms with Gasteiger partial charge in [0.15, 0.2) is 11.5 Å². The smallest absolute Gasteiger partial charge is 0.381 e. The highest BCUT2D eigenvalue weighted by Crippen LogP contribution is 2.31. The maximum atomic E-state index is 12.9. The Kier molecular flexibility index (Phi) is 5.73. The van der Waals surface area contributed by atoms with Gasteiger partial charge in [0.25, 0.3) is 0 Å². The average Bonchev–Trinajstić information content (AvgIpc) is 3.12. The third-order valence-corrected chi connectivity index (χ3v) is 4.48. The van der Waals surface area contributed by atoms with Gasteiger partial charge in [-0.1, -0.05) is 0 Å². The normalized spacial score (nSPS) is 16.9. The van der Waals surface area contributed by atoms with Gasteiger partial charge in [-0.05, 0) is 32.1 Å². The number of anilines is 1. The molecule has 2 aromatic rings. The highest BCUT2D eigenvalue weighted by Gasteiger charge is 2.35. The minimum absolute atomic E-state index is 0.176. The lowest BCUT2D eigenvalue weighted by Crippen LogP contribution is -2.29. The van der Waals surface area contributed by atoms with Crippen molar-refractivity contribution in [3.8, 4) is 0 Å². The third-order valence-electron chi connectivity index (χ3n) is 4.48. The molecule has 3 heterocycles. The summed E-state index contributed by atoms with van der Waals surface area (Å²) in [5.74, 6) is -0.0279. The topological polar surface area (TPSA) is 81.9 Å². The van der Waals surface area contributed by atoms with Crippen LogP contribution in [-0.2, 0) is 15.7 Å². The Labute approximate surface area is 154 Å². The number of nitrogens with one attached hydrogen (secondary N) is 1. The molecule has 1 saturated heterocycles. The number of amides is 1. The summed E-state index contributed by atoms with van der Waals surface area (Å²) in [5.41, 5.74) is -0.335. The van der Waals surface area contributed by atoms with Crippen molar-refractivity contribution >= 4 is 11.7 Å². The number of alkyl halides is 3. The van der Waals surface area contributed by atoms with E-state index in [4.69, 9.17) is 4.74 Å². The number of carbonyl (C=O) groups is 1. The molecule has 146 valence electrons. The first kappa shape index (κ1) is 19.3. The Hall–Kier alpha value is -2.49. The molecule has 10 heteroatoms. The zero-order valence-electron chi connectivity index (χ0n) is 14.7. The molecule has 0 radical (unpaired) electrons. The van der Waals surface area contributed by atoms with E-state index in [1.165, 1.54) is 17.0 Å². The number of hydrogen-bond donors (Lipinski definition) is 1. The van der Waals surface area contributed by atoms with Gasteiger partial charge in [0.05, 0.1) is 24.4 Å². The first-order valence-electron chi connectivity index (χ1n) is 8.61. The van der Waals surface area contributed by atoms with Gasteiger partial charge < -0.3 is 14.6 Å². The summed E-state index contributed by atoms with van der Waals surface area (Å²) in [4.78, 5) is 24.3. The fourth-order valence-electron chi connectivity index (χ4n) is 2.98.